The van der Waals surface area contributed by atoms with Crippen LogP contribution in [0.2, 0.25) is 0 Å². The van der Waals surface area contributed by atoms with Crippen LogP contribution in [0.5, 0.6) is 11.5 Å². The number of methoxy groups -OCH3 is 1. The molecule has 3 N–H and O–H groups in total. The van der Waals surface area contributed by atoms with Crippen LogP contribution in [0.4, 0.5) is 5.69 Å². The van der Waals surface area contributed by atoms with E-state index in [1.165, 1.54) is 7.11 Å². The lowest BCUT2D eigenvalue weighted by molar-refractivity contribution is 0.0601. The van der Waals surface area contributed by atoms with Crippen LogP contribution >= 0.6 is 0 Å². The quantitative estimate of drug-likeness (QED) is 0.660. The lowest BCUT2D eigenvalue weighted by Gasteiger charge is -2.13. The number of aliphatic hydroxyl groups is 1. The molecule has 0 heterocycles. The molecule has 0 amide bonds. The lowest BCUT2D eigenvalue weighted by Crippen LogP contribution is -2.06. The zero-order valence-electron chi connectivity index (χ0n) is 11.0. The van der Waals surface area contributed by atoms with Gasteiger partial charge >= 0.3 is 5.97 Å². The van der Waals surface area contributed by atoms with Crippen molar-refractivity contribution in [2.75, 3.05) is 12.8 Å². The summed E-state index contributed by atoms with van der Waals surface area (Å²) in [5.41, 5.74) is 6.99. The highest BCUT2D eigenvalue weighted by Crippen LogP contribution is 2.32. The summed E-state index contributed by atoms with van der Waals surface area (Å²) >= 11 is 0. The lowest BCUT2D eigenvalue weighted by atomic mass is 10.1. The Morgan fingerprint density at radius 2 is 1.85 bits per heavy atom. The summed E-state index contributed by atoms with van der Waals surface area (Å²) in [6.07, 6.45) is 0. The van der Waals surface area contributed by atoms with Gasteiger partial charge in [-0.15, -0.1) is 0 Å². The molecule has 0 aliphatic heterocycles. The Morgan fingerprint density at radius 1 is 1.15 bits per heavy atom. The largest absolute Gasteiger partial charge is 0.465 e. The van der Waals surface area contributed by atoms with Gasteiger partial charge in [0.05, 0.1) is 25.0 Å². The molecular weight excluding hydrogens is 258 g/mol. The van der Waals surface area contributed by atoms with Crippen LogP contribution in [0.3, 0.4) is 0 Å². The summed E-state index contributed by atoms with van der Waals surface area (Å²) < 4.78 is 10.3. The Hall–Kier alpha value is -2.53. The first kappa shape index (κ1) is 13.9. The van der Waals surface area contributed by atoms with Gasteiger partial charge in [-0.05, 0) is 18.2 Å². The molecule has 0 spiro atoms. The van der Waals surface area contributed by atoms with Gasteiger partial charge in [-0.1, -0.05) is 24.3 Å². The molecule has 0 fully saturated rings. The van der Waals surface area contributed by atoms with Crippen molar-refractivity contribution in [1.82, 2.24) is 0 Å². The second kappa shape index (κ2) is 6.08. The van der Waals surface area contributed by atoms with Crippen molar-refractivity contribution in [2.24, 2.45) is 0 Å². The third-order valence-electron chi connectivity index (χ3n) is 2.83. The molecule has 5 heteroatoms. The third kappa shape index (κ3) is 2.73. The number of carbonyl (C=O) groups is 1. The predicted octanol–water partition coefficient (Wildman–Crippen LogP) is 2.34. The number of carbonyl (C=O) groups excluding carboxylic acids is 1. The van der Waals surface area contributed by atoms with Gasteiger partial charge in [0, 0.05) is 5.56 Å². The van der Waals surface area contributed by atoms with Crippen molar-refractivity contribution in [2.45, 2.75) is 6.61 Å². The van der Waals surface area contributed by atoms with E-state index in [1.807, 2.05) is 0 Å². The van der Waals surface area contributed by atoms with E-state index in [2.05, 4.69) is 4.74 Å². The topological polar surface area (TPSA) is 81.8 Å². The number of hydrogen-bond acceptors (Lipinski definition) is 5. The van der Waals surface area contributed by atoms with E-state index < -0.39 is 5.97 Å². The van der Waals surface area contributed by atoms with Gasteiger partial charge in [-0.3, -0.25) is 0 Å². The van der Waals surface area contributed by atoms with E-state index in [-0.39, 0.29) is 17.9 Å². The number of para-hydroxylation sites is 2. The van der Waals surface area contributed by atoms with Crippen LogP contribution in [0.25, 0.3) is 0 Å². The van der Waals surface area contributed by atoms with E-state index in [0.717, 1.165) is 0 Å². The zero-order chi connectivity index (χ0) is 14.5. The molecule has 0 radical (unpaired) electrons. The monoisotopic (exact) mass is 273 g/mol. The summed E-state index contributed by atoms with van der Waals surface area (Å²) in [6, 6.07) is 11.9. The molecule has 2 rings (SSSR count). The normalized spacial score (nSPS) is 10.1. The number of benzene rings is 2. The van der Waals surface area contributed by atoms with Crippen molar-refractivity contribution in [1.29, 1.82) is 0 Å². The average molecular weight is 273 g/mol. The number of esters is 1. The van der Waals surface area contributed by atoms with Crippen LogP contribution < -0.4 is 10.5 Å². The highest BCUT2D eigenvalue weighted by molar-refractivity contribution is 5.96. The van der Waals surface area contributed by atoms with Crippen molar-refractivity contribution >= 4 is 11.7 Å². The minimum absolute atomic E-state index is 0.146. The Kier molecular flexibility index (Phi) is 4.22. The van der Waals surface area contributed by atoms with Gasteiger partial charge in [-0.2, -0.15) is 0 Å². The Morgan fingerprint density at radius 3 is 2.55 bits per heavy atom. The Labute approximate surface area is 116 Å². The van der Waals surface area contributed by atoms with E-state index in [9.17, 15) is 9.90 Å². The second-order valence-electron chi connectivity index (χ2n) is 4.08. The van der Waals surface area contributed by atoms with E-state index in [0.29, 0.717) is 17.1 Å². The molecule has 0 aliphatic rings. The number of nitrogens with two attached hydrogens (primary N) is 1. The van der Waals surface area contributed by atoms with Gasteiger partial charge in [-0.25, -0.2) is 4.79 Å². The van der Waals surface area contributed by atoms with Gasteiger partial charge in [0.1, 0.15) is 5.75 Å². The first-order chi connectivity index (χ1) is 9.67. The van der Waals surface area contributed by atoms with E-state index >= 15 is 0 Å². The Balaban J connectivity index is 2.37. The molecule has 0 unspecified atom stereocenters. The smallest absolute Gasteiger partial charge is 0.340 e. The molecular formula is C15H15NO4. The minimum Gasteiger partial charge on any atom is -0.465 e. The van der Waals surface area contributed by atoms with E-state index in [1.54, 1.807) is 42.5 Å². The van der Waals surface area contributed by atoms with Crippen molar-refractivity contribution in [3.8, 4) is 11.5 Å². The molecule has 5 nitrogen and oxygen atoms in total. The highest BCUT2D eigenvalue weighted by atomic mass is 16.5. The number of ether oxygens (including phenoxy) is 2. The number of rotatable bonds is 4. The van der Waals surface area contributed by atoms with Crippen LogP contribution in [0.15, 0.2) is 42.5 Å². The molecule has 2 aromatic carbocycles. The fourth-order valence-electron chi connectivity index (χ4n) is 1.77. The number of hydrogen-bond donors (Lipinski definition) is 2. The van der Waals surface area contributed by atoms with Gasteiger partial charge in [0.15, 0.2) is 5.75 Å². The van der Waals surface area contributed by atoms with Gasteiger partial charge in [0.2, 0.25) is 0 Å². The van der Waals surface area contributed by atoms with Crippen molar-refractivity contribution in [3.63, 3.8) is 0 Å². The molecule has 2 aromatic rings. The highest BCUT2D eigenvalue weighted by Gasteiger charge is 2.14. The zero-order valence-corrected chi connectivity index (χ0v) is 11.0. The van der Waals surface area contributed by atoms with Gasteiger partial charge in [0.25, 0.3) is 0 Å². The SMILES string of the molecule is COC(=O)c1cccc(Oc2ccccc2CO)c1N. The van der Waals surface area contributed by atoms with E-state index in [4.69, 9.17) is 10.5 Å². The third-order valence-corrected chi connectivity index (χ3v) is 2.83. The fraction of sp³-hybridized carbons (Fsp3) is 0.133. The molecule has 0 aliphatic carbocycles. The number of aliphatic hydroxyl groups excluding tert-OH is 1. The maximum Gasteiger partial charge on any atom is 0.340 e. The summed E-state index contributed by atoms with van der Waals surface area (Å²) in [7, 11) is 1.29. The summed E-state index contributed by atoms with van der Waals surface area (Å²) in [4.78, 5) is 11.6. The van der Waals surface area contributed by atoms with Crippen molar-refractivity contribution in [3.05, 3.63) is 53.6 Å². The van der Waals surface area contributed by atoms with Gasteiger partial charge < -0.3 is 20.3 Å². The fourth-order valence-corrected chi connectivity index (χ4v) is 1.77. The standard InChI is InChI=1S/C15H15NO4/c1-19-15(18)11-6-4-8-13(14(11)16)20-12-7-3-2-5-10(12)9-17/h2-8,17H,9,16H2,1H3. The summed E-state index contributed by atoms with van der Waals surface area (Å²) in [5.74, 6) is 0.306. The first-order valence-electron chi connectivity index (χ1n) is 6.00. The molecule has 0 bridgehead atoms. The maximum atomic E-state index is 11.6. The molecule has 104 valence electrons. The van der Waals surface area contributed by atoms with Crippen LogP contribution in [-0.4, -0.2) is 18.2 Å². The molecule has 0 saturated heterocycles. The van der Waals surface area contributed by atoms with Crippen LogP contribution in [-0.2, 0) is 11.3 Å². The number of anilines is 1. The van der Waals surface area contributed by atoms with Crippen molar-refractivity contribution < 1.29 is 19.4 Å². The molecule has 20 heavy (non-hydrogen) atoms. The molecule has 0 aromatic heterocycles. The number of nitrogen functional groups attached to an aromatic ring is 1. The summed E-state index contributed by atoms with van der Waals surface area (Å²) in [6.45, 7) is -0.146. The minimum atomic E-state index is -0.525. The second-order valence-corrected chi connectivity index (χ2v) is 4.08. The first-order valence-corrected chi connectivity index (χ1v) is 6.00. The maximum absolute atomic E-state index is 11.6. The predicted molar refractivity (Wildman–Crippen MR) is 74.6 cm³/mol. The summed E-state index contributed by atoms with van der Waals surface area (Å²) in [5, 5.41) is 9.26. The average Bonchev–Trinajstić information content (AvgIpc) is 2.49. The molecule has 0 atom stereocenters. The van der Waals surface area contributed by atoms with Crippen LogP contribution in [0.1, 0.15) is 15.9 Å². The van der Waals surface area contributed by atoms with Crippen LogP contribution in [0, 0.1) is 0 Å². The molecule has 0 saturated carbocycles. The Bertz CT molecular complexity index is 625.